The van der Waals surface area contributed by atoms with E-state index in [2.05, 4.69) is 84.9 Å². The Labute approximate surface area is 234 Å². The molecule has 38 heavy (non-hydrogen) atoms. The maximum atomic E-state index is 11.9. The molecule has 0 spiro atoms. The maximum Gasteiger partial charge on any atom is 0.159 e. The first kappa shape index (κ1) is 33.5. The van der Waals surface area contributed by atoms with E-state index in [9.17, 15) is 9.59 Å². The van der Waals surface area contributed by atoms with Crippen LogP contribution in [0.2, 0.25) is 0 Å². The van der Waals surface area contributed by atoms with Crippen LogP contribution in [0.4, 0.5) is 0 Å². The summed E-state index contributed by atoms with van der Waals surface area (Å²) in [4.78, 5) is 23.4. The van der Waals surface area contributed by atoms with Crippen molar-refractivity contribution in [3.05, 3.63) is 82.0 Å². The Kier molecular flexibility index (Phi) is 17.3. The zero-order chi connectivity index (χ0) is 28.3. The molecule has 1 rings (SSSR count). The van der Waals surface area contributed by atoms with Crippen molar-refractivity contribution >= 4 is 11.6 Å². The predicted octanol–water partition coefficient (Wildman–Crippen LogP) is 10.7. The molecule has 0 saturated heterocycles. The van der Waals surface area contributed by atoms with E-state index in [0.717, 1.165) is 57.8 Å². The van der Waals surface area contributed by atoms with E-state index in [0.29, 0.717) is 12.8 Å². The van der Waals surface area contributed by atoms with Gasteiger partial charge in [-0.3, -0.25) is 9.59 Å². The van der Waals surface area contributed by atoms with Crippen molar-refractivity contribution in [3.63, 3.8) is 0 Å². The largest absolute Gasteiger partial charge is 0.295 e. The highest BCUT2D eigenvalue weighted by atomic mass is 16.1. The Bertz CT molecular complexity index is 971. The van der Waals surface area contributed by atoms with Gasteiger partial charge in [0.05, 0.1) is 0 Å². The number of carbonyl (C=O) groups excluding carboxylic acids is 2. The van der Waals surface area contributed by atoms with Crippen LogP contribution in [-0.4, -0.2) is 11.6 Å². The number of rotatable bonds is 17. The van der Waals surface area contributed by atoms with Crippen molar-refractivity contribution in [3.8, 4) is 0 Å². The molecule has 0 aromatic heterocycles. The molecule has 0 aromatic rings. The predicted molar refractivity (Wildman–Crippen MR) is 166 cm³/mol. The number of hydrogen-bond acceptors (Lipinski definition) is 2. The Morgan fingerprint density at radius 2 is 0.947 bits per heavy atom. The first-order valence-electron chi connectivity index (χ1n) is 14.7. The number of hydrogen-bond donors (Lipinski definition) is 0. The van der Waals surface area contributed by atoms with E-state index in [1.54, 1.807) is 0 Å². The highest BCUT2D eigenvalue weighted by Gasteiger charge is 2.21. The van der Waals surface area contributed by atoms with E-state index >= 15 is 0 Å². The van der Waals surface area contributed by atoms with Crippen molar-refractivity contribution in [2.24, 2.45) is 5.92 Å². The van der Waals surface area contributed by atoms with Crippen molar-refractivity contribution in [1.29, 1.82) is 0 Å². The van der Waals surface area contributed by atoms with Crippen LogP contribution in [0, 0.1) is 5.92 Å². The normalized spacial score (nSPS) is 17.9. The van der Waals surface area contributed by atoms with Gasteiger partial charge in [-0.15, -0.1) is 0 Å². The van der Waals surface area contributed by atoms with Gasteiger partial charge in [0.2, 0.25) is 0 Å². The average molecular weight is 519 g/mol. The zero-order valence-electron chi connectivity index (χ0n) is 25.5. The molecule has 1 aliphatic carbocycles. The molecule has 0 N–H and O–H groups in total. The fourth-order valence-electron chi connectivity index (χ4n) is 4.55. The van der Waals surface area contributed by atoms with E-state index in [-0.39, 0.29) is 17.5 Å². The standard InChI is InChI=1S/C36H54O2/c1-28(2)13-8-14-29(3)15-9-16-30(4)17-10-18-31(5)19-11-20-32(6)21-12-22-33(7)23-24-34-27-35(37)25-26-36(34)38/h13,15,17,19,21,23,25-26,34H,8-12,14,16,18,20,22,24,27H2,1-7H3/b29-15+,30-17+,31-19+,32-21+,33-23+. The smallest absolute Gasteiger partial charge is 0.159 e. The van der Waals surface area contributed by atoms with Gasteiger partial charge in [-0.05, 0) is 131 Å². The molecule has 0 fully saturated rings. The maximum absolute atomic E-state index is 11.9. The molecule has 0 aliphatic heterocycles. The molecule has 1 atom stereocenters. The molecule has 0 heterocycles. The van der Waals surface area contributed by atoms with E-state index in [1.807, 2.05) is 0 Å². The summed E-state index contributed by atoms with van der Waals surface area (Å²) in [6.07, 6.45) is 29.1. The number of allylic oxidation sites excluding steroid dienone is 14. The minimum absolute atomic E-state index is 0.0648. The van der Waals surface area contributed by atoms with Crippen LogP contribution >= 0.6 is 0 Å². The van der Waals surface area contributed by atoms with Gasteiger partial charge in [0.1, 0.15) is 0 Å². The summed E-state index contributed by atoms with van der Waals surface area (Å²) >= 11 is 0. The van der Waals surface area contributed by atoms with Crippen LogP contribution in [0.1, 0.15) is 126 Å². The zero-order valence-corrected chi connectivity index (χ0v) is 25.5. The van der Waals surface area contributed by atoms with Crippen LogP contribution in [-0.2, 0) is 9.59 Å². The van der Waals surface area contributed by atoms with Crippen LogP contribution in [0.5, 0.6) is 0 Å². The highest BCUT2D eigenvalue weighted by Crippen LogP contribution is 2.20. The monoisotopic (exact) mass is 518 g/mol. The molecule has 2 heteroatoms. The van der Waals surface area contributed by atoms with Crippen molar-refractivity contribution in [1.82, 2.24) is 0 Å². The van der Waals surface area contributed by atoms with Crippen molar-refractivity contribution in [2.45, 2.75) is 126 Å². The molecule has 2 nitrogen and oxygen atoms in total. The Balaban J connectivity index is 2.25. The SMILES string of the molecule is CC(C)=CCC/C(C)=C/CC/C(C)=C/CC/C(C)=C/CC/C(C)=C/CC/C(C)=C/CC1CC(=O)C=CC1=O. The molecule has 0 aromatic carbocycles. The summed E-state index contributed by atoms with van der Waals surface area (Å²) in [5, 5.41) is 0. The van der Waals surface area contributed by atoms with Crippen LogP contribution in [0.25, 0.3) is 0 Å². The van der Waals surface area contributed by atoms with E-state index < -0.39 is 0 Å². The van der Waals surface area contributed by atoms with Crippen molar-refractivity contribution < 1.29 is 9.59 Å². The minimum Gasteiger partial charge on any atom is -0.295 e. The van der Waals surface area contributed by atoms with Gasteiger partial charge in [0.25, 0.3) is 0 Å². The minimum atomic E-state index is -0.164. The van der Waals surface area contributed by atoms with E-state index in [4.69, 9.17) is 0 Å². The van der Waals surface area contributed by atoms with Crippen molar-refractivity contribution in [2.75, 3.05) is 0 Å². The molecule has 0 bridgehead atoms. The Morgan fingerprint density at radius 3 is 1.34 bits per heavy atom. The van der Waals surface area contributed by atoms with Gasteiger partial charge in [-0.2, -0.15) is 0 Å². The van der Waals surface area contributed by atoms with Gasteiger partial charge >= 0.3 is 0 Å². The lowest BCUT2D eigenvalue weighted by Crippen LogP contribution is -2.19. The topological polar surface area (TPSA) is 34.1 Å². The second-order valence-electron chi connectivity index (χ2n) is 11.6. The number of ketones is 2. The second kappa shape index (κ2) is 19.6. The lowest BCUT2D eigenvalue weighted by Gasteiger charge is -2.13. The molecule has 210 valence electrons. The Hall–Kier alpha value is -2.48. The average Bonchev–Trinajstić information content (AvgIpc) is 2.84. The molecular weight excluding hydrogens is 464 g/mol. The summed E-state index contributed by atoms with van der Waals surface area (Å²) in [5.74, 6) is -0.0127. The highest BCUT2D eigenvalue weighted by molar-refractivity contribution is 6.05. The third-order valence-corrected chi connectivity index (χ3v) is 7.25. The fraction of sp³-hybridized carbons (Fsp3) is 0.556. The summed E-state index contributed by atoms with van der Waals surface area (Å²) < 4.78 is 0. The van der Waals surface area contributed by atoms with Crippen LogP contribution < -0.4 is 0 Å². The van der Waals surface area contributed by atoms with Gasteiger partial charge in [0.15, 0.2) is 11.6 Å². The molecule has 0 radical (unpaired) electrons. The molecule has 0 amide bonds. The lowest BCUT2D eigenvalue weighted by atomic mass is 9.89. The summed E-state index contributed by atoms with van der Waals surface area (Å²) in [5.41, 5.74) is 8.65. The molecule has 0 saturated carbocycles. The summed E-state index contributed by atoms with van der Waals surface area (Å²) in [6.45, 7) is 15.5. The first-order chi connectivity index (χ1) is 18.1. The van der Waals surface area contributed by atoms with Gasteiger partial charge < -0.3 is 0 Å². The summed E-state index contributed by atoms with van der Waals surface area (Å²) in [6, 6.07) is 0. The first-order valence-corrected chi connectivity index (χ1v) is 14.7. The third-order valence-electron chi connectivity index (χ3n) is 7.25. The van der Waals surface area contributed by atoms with Crippen LogP contribution in [0.15, 0.2) is 82.0 Å². The third kappa shape index (κ3) is 17.1. The van der Waals surface area contributed by atoms with E-state index in [1.165, 1.54) is 52.0 Å². The summed E-state index contributed by atoms with van der Waals surface area (Å²) in [7, 11) is 0. The van der Waals surface area contributed by atoms with Crippen LogP contribution in [0.3, 0.4) is 0 Å². The molecular formula is C36H54O2. The number of carbonyl (C=O) groups is 2. The van der Waals surface area contributed by atoms with Gasteiger partial charge in [0, 0.05) is 12.3 Å². The Morgan fingerprint density at radius 1 is 0.579 bits per heavy atom. The quantitative estimate of drug-likeness (QED) is 0.179. The van der Waals surface area contributed by atoms with Gasteiger partial charge in [-0.1, -0.05) is 69.9 Å². The fourth-order valence-corrected chi connectivity index (χ4v) is 4.55. The van der Waals surface area contributed by atoms with Gasteiger partial charge in [-0.25, -0.2) is 0 Å². The lowest BCUT2D eigenvalue weighted by molar-refractivity contribution is -0.124. The molecule has 1 aliphatic rings. The second-order valence-corrected chi connectivity index (χ2v) is 11.6. The molecule has 1 unspecified atom stereocenters.